The minimum absolute atomic E-state index is 0.258. The molecule has 1 heterocycles. The normalized spacial score (nSPS) is 18.9. The lowest BCUT2D eigenvalue weighted by Gasteiger charge is -2.28. The Morgan fingerprint density at radius 3 is 2.43 bits per heavy atom. The van der Waals surface area contributed by atoms with Gasteiger partial charge in [0.05, 0.1) is 5.56 Å². The molecule has 1 aromatic heterocycles. The number of hydrogen-bond donors (Lipinski definition) is 1. The minimum atomic E-state index is -0.476. The first-order valence-electron chi connectivity index (χ1n) is 8.90. The van der Waals surface area contributed by atoms with Gasteiger partial charge in [0.15, 0.2) is 0 Å². The van der Waals surface area contributed by atoms with Gasteiger partial charge in [0.25, 0.3) is 0 Å². The molecule has 0 spiro atoms. The van der Waals surface area contributed by atoms with E-state index < -0.39 is 5.60 Å². The summed E-state index contributed by atoms with van der Waals surface area (Å²) < 4.78 is 5.53. The molecule has 0 aromatic carbocycles. The van der Waals surface area contributed by atoms with E-state index in [1.54, 1.807) is 0 Å². The summed E-state index contributed by atoms with van der Waals surface area (Å²) in [6, 6.07) is 4.27. The van der Waals surface area contributed by atoms with Crippen LogP contribution >= 0.6 is 0 Å². The number of aromatic nitrogens is 1. The Kier molecular flexibility index (Phi) is 4.60. The van der Waals surface area contributed by atoms with Crippen LogP contribution in [0.4, 0.5) is 5.82 Å². The van der Waals surface area contributed by atoms with Crippen LogP contribution in [0.1, 0.15) is 75.3 Å². The van der Waals surface area contributed by atoms with Gasteiger partial charge in [0.1, 0.15) is 11.4 Å². The zero-order valence-electron chi connectivity index (χ0n) is 14.5. The van der Waals surface area contributed by atoms with Crippen LogP contribution in [0.3, 0.4) is 0 Å². The van der Waals surface area contributed by atoms with Crippen molar-refractivity contribution in [3.63, 3.8) is 0 Å². The lowest BCUT2D eigenvalue weighted by atomic mass is 9.82. The fourth-order valence-corrected chi connectivity index (χ4v) is 2.98. The SMILES string of the molecule is CC(C)(C)OC(=O)c1cc(CC2CCC2)nc(NC2CCC2)c1. The molecular formula is C19H28N2O2. The second-order valence-corrected chi connectivity index (χ2v) is 8.01. The maximum atomic E-state index is 12.4. The maximum absolute atomic E-state index is 12.4. The van der Waals surface area contributed by atoms with E-state index in [2.05, 4.69) is 5.32 Å². The Bertz CT molecular complexity index is 535. The van der Waals surface area contributed by atoms with Crippen molar-refractivity contribution in [1.82, 2.24) is 4.98 Å². The molecule has 3 rings (SSSR count). The molecular weight excluding hydrogens is 288 g/mol. The summed E-state index contributed by atoms with van der Waals surface area (Å²) in [6.07, 6.45) is 8.51. The number of ether oxygens (including phenoxy) is 1. The second-order valence-electron chi connectivity index (χ2n) is 8.01. The monoisotopic (exact) mass is 316 g/mol. The third kappa shape index (κ3) is 4.46. The summed E-state index contributed by atoms with van der Waals surface area (Å²) in [7, 11) is 0. The Balaban J connectivity index is 1.78. The Morgan fingerprint density at radius 2 is 1.91 bits per heavy atom. The smallest absolute Gasteiger partial charge is 0.338 e. The van der Waals surface area contributed by atoms with Crippen molar-refractivity contribution < 1.29 is 9.53 Å². The lowest BCUT2D eigenvalue weighted by Crippen LogP contribution is -2.28. The predicted octanol–water partition coefficient (Wildman–Crippen LogP) is 4.34. The Hall–Kier alpha value is -1.58. The van der Waals surface area contributed by atoms with Crippen molar-refractivity contribution in [2.75, 3.05) is 5.32 Å². The number of hydrogen-bond acceptors (Lipinski definition) is 4. The van der Waals surface area contributed by atoms with E-state index in [0.29, 0.717) is 11.6 Å². The van der Waals surface area contributed by atoms with Crippen LogP contribution in [0.25, 0.3) is 0 Å². The molecule has 0 bridgehead atoms. The van der Waals surface area contributed by atoms with Crippen molar-refractivity contribution in [2.45, 2.75) is 77.4 Å². The summed E-state index contributed by atoms with van der Waals surface area (Å²) >= 11 is 0. The van der Waals surface area contributed by atoms with Crippen LogP contribution in [-0.2, 0) is 11.2 Å². The van der Waals surface area contributed by atoms with Gasteiger partial charge in [-0.2, -0.15) is 0 Å². The van der Waals surface area contributed by atoms with Gasteiger partial charge >= 0.3 is 5.97 Å². The average Bonchev–Trinajstić information content (AvgIpc) is 2.36. The standard InChI is InChI=1S/C19H28N2O2/c1-19(2,3)23-18(22)14-11-16(10-13-6-4-7-13)21-17(12-14)20-15-8-5-9-15/h11-13,15H,4-10H2,1-3H3,(H,20,21). The molecule has 0 atom stereocenters. The average molecular weight is 316 g/mol. The molecule has 1 N–H and O–H groups in total. The molecule has 23 heavy (non-hydrogen) atoms. The lowest BCUT2D eigenvalue weighted by molar-refractivity contribution is 0.00692. The van der Waals surface area contributed by atoms with Gasteiger partial charge in [-0.05, 0) is 64.5 Å². The number of carbonyl (C=O) groups is 1. The van der Waals surface area contributed by atoms with E-state index in [9.17, 15) is 4.79 Å². The first-order valence-corrected chi connectivity index (χ1v) is 8.90. The maximum Gasteiger partial charge on any atom is 0.338 e. The topological polar surface area (TPSA) is 51.2 Å². The van der Waals surface area contributed by atoms with Gasteiger partial charge in [-0.1, -0.05) is 19.3 Å². The van der Waals surface area contributed by atoms with Crippen molar-refractivity contribution in [1.29, 1.82) is 0 Å². The zero-order chi connectivity index (χ0) is 16.4. The molecule has 0 saturated heterocycles. The predicted molar refractivity (Wildman–Crippen MR) is 91.7 cm³/mol. The summed E-state index contributed by atoms with van der Waals surface area (Å²) in [5, 5.41) is 3.47. The van der Waals surface area contributed by atoms with Crippen LogP contribution in [0.2, 0.25) is 0 Å². The summed E-state index contributed by atoms with van der Waals surface area (Å²) in [6.45, 7) is 5.69. The van der Waals surface area contributed by atoms with E-state index in [0.717, 1.165) is 23.9 Å². The number of rotatable bonds is 5. The summed E-state index contributed by atoms with van der Waals surface area (Å²) in [5.74, 6) is 1.30. The van der Waals surface area contributed by atoms with Crippen molar-refractivity contribution in [2.24, 2.45) is 5.92 Å². The molecule has 2 aliphatic rings. The quantitative estimate of drug-likeness (QED) is 0.821. The van der Waals surface area contributed by atoms with Crippen LogP contribution in [-0.4, -0.2) is 22.6 Å². The van der Waals surface area contributed by atoms with Crippen molar-refractivity contribution in [3.8, 4) is 0 Å². The summed E-state index contributed by atoms with van der Waals surface area (Å²) in [4.78, 5) is 17.2. The van der Waals surface area contributed by atoms with Gasteiger partial charge < -0.3 is 10.1 Å². The molecule has 0 unspecified atom stereocenters. The van der Waals surface area contributed by atoms with E-state index >= 15 is 0 Å². The molecule has 0 radical (unpaired) electrons. The second kappa shape index (κ2) is 6.50. The highest BCUT2D eigenvalue weighted by Gasteiger charge is 2.23. The Labute approximate surface area is 139 Å². The third-order valence-corrected chi connectivity index (χ3v) is 4.69. The van der Waals surface area contributed by atoms with Crippen LogP contribution in [0.15, 0.2) is 12.1 Å². The zero-order valence-corrected chi connectivity index (χ0v) is 14.5. The fourth-order valence-electron chi connectivity index (χ4n) is 2.98. The largest absolute Gasteiger partial charge is 0.456 e. The first kappa shape index (κ1) is 16.3. The minimum Gasteiger partial charge on any atom is -0.456 e. The molecule has 4 nitrogen and oxygen atoms in total. The van der Waals surface area contributed by atoms with E-state index in [1.165, 1.54) is 38.5 Å². The van der Waals surface area contributed by atoms with E-state index in [4.69, 9.17) is 9.72 Å². The van der Waals surface area contributed by atoms with Crippen LogP contribution < -0.4 is 5.32 Å². The van der Waals surface area contributed by atoms with Gasteiger partial charge in [-0.3, -0.25) is 0 Å². The highest BCUT2D eigenvalue weighted by atomic mass is 16.6. The highest BCUT2D eigenvalue weighted by molar-refractivity contribution is 5.90. The highest BCUT2D eigenvalue weighted by Crippen LogP contribution is 2.30. The molecule has 0 aliphatic heterocycles. The number of carbonyl (C=O) groups excluding carboxylic acids is 1. The molecule has 126 valence electrons. The summed E-state index contributed by atoms with van der Waals surface area (Å²) in [5.41, 5.74) is 1.15. The number of anilines is 1. The van der Waals surface area contributed by atoms with Gasteiger partial charge in [0.2, 0.25) is 0 Å². The fraction of sp³-hybridized carbons (Fsp3) is 0.684. The number of esters is 1. The molecule has 0 amide bonds. The number of nitrogens with zero attached hydrogens (tertiary/aromatic N) is 1. The number of pyridine rings is 1. The van der Waals surface area contributed by atoms with Crippen LogP contribution in [0, 0.1) is 5.92 Å². The molecule has 2 saturated carbocycles. The van der Waals surface area contributed by atoms with Gasteiger partial charge in [-0.15, -0.1) is 0 Å². The molecule has 2 aliphatic carbocycles. The number of nitrogens with one attached hydrogen (secondary N) is 1. The molecule has 4 heteroatoms. The Morgan fingerprint density at radius 1 is 1.22 bits per heavy atom. The van der Waals surface area contributed by atoms with Crippen molar-refractivity contribution in [3.05, 3.63) is 23.4 Å². The van der Waals surface area contributed by atoms with Crippen LogP contribution in [0.5, 0.6) is 0 Å². The van der Waals surface area contributed by atoms with Gasteiger partial charge in [0, 0.05) is 11.7 Å². The first-order chi connectivity index (χ1) is 10.9. The van der Waals surface area contributed by atoms with E-state index in [1.807, 2.05) is 32.9 Å². The van der Waals surface area contributed by atoms with Crippen molar-refractivity contribution >= 4 is 11.8 Å². The third-order valence-electron chi connectivity index (χ3n) is 4.69. The van der Waals surface area contributed by atoms with Gasteiger partial charge in [-0.25, -0.2) is 9.78 Å². The molecule has 2 fully saturated rings. The van der Waals surface area contributed by atoms with E-state index in [-0.39, 0.29) is 5.97 Å². The molecule has 1 aromatic rings.